The highest BCUT2D eigenvalue weighted by Gasteiger charge is 2.12. The van der Waals surface area contributed by atoms with Crippen molar-refractivity contribution in [1.29, 1.82) is 0 Å². The smallest absolute Gasteiger partial charge is 0.257 e. The Morgan fingerprint density at radius 2 is 1.44 bits per heavy atom. The molecule has 0 aromatic heterocycles. The minimum absolute atomic E-state index is 0.00375. The van der Waals surface area contributed by atoms with Crippen LogP contribution in [0.5, 0.6) is 0 Å². The maximum atomic E-state index is 12.8. The quantitative estimate of drug-likeness (QED) is 0.592. The molecule has 0 radical (unpaired) electrons. The highest BCUT2D eigenvalue weighted by molar-refractivity contribution is 6.08. The van der Waals surface area contributed by atoms with Crippen LogP contribution >= 0.6 is 0 Å². The van der Waals surface area contributed by atoms with Gasteiger partial charge in [-0.25, -0.2) is 0 Å². The number of Topliss-reactive ketones (excluding diaryl/α,β-unsaturated/α-hetero) is 1. The Kier molecular flexibility index (Phi) is 5.36. The normalized spacial score (nSPS) is 10.3. The summed E-state index contributed by atoms with van der Waals surface area (Å²) in [5, 5.41) is 6.25. The molecule has 3 aromatic rings. The van der Waals surface area contributed by atoms with Crippen LogP contribution in [0, 0.1) is 13.8 Å². The fourth-order valence-electron chi connectivity index (χ4n) is 2.81. The van der Waals surface area contributed by atoms with Gasteiger partial charge in [0, 0.05) is 16.9 Å². The van der Waals surface area contributed by atoms with E-state index in [4.69, 9.17) is 0 Å². The molecule has 136 valence electrons. The topological polar surface area (TPSA) is 58.2 Å². The summed E-state index contributed by atoms with van der Waals surface area (Å²) in [6.45, 7) is 5.63. The van der Waals surface area contributed by atoms with E-state index in [-0.39, 0.29) is 11.7 Å². The van der Waals surface area contributed by atoms with Gasteiger partial charge in [0.25, 0.3) is 5.91 Å². The molecule has 3 aromatic carbocycles. The number of carbonyl (C=O) groups excluding carboxylic acids is 2. The summed E-state index contributed by atoms with van der Waals surface area (Å²) in [6, 6.07) is 20.3. The van der Waals surface area contributed by atoms with Crippen molar-refractivity contribution in [2.24, 2.45) is 0 Å². The van der Waals surface area contributed by atoms with Gasteiger partial charge in [-0.15, -0.1) is 0 Å². The maximum Gasteiger partial charge on any atom is 0.257 e. The summed E-state index contributed by atoms with van der Waals surface area (Å²) in [4.78, 5) is 24.2. The number of carbonyl (C=O) groups is 2. The number of aryl methyl sites for hydroxylation is 1. The summed E-state index contributed by atoms with van der Waals surface area (Å²) in [7, 11) is 0. The molecule has 0 saturated heterocycles. The molecular formula is C23H22N2O2. The van der Waals surface area contributed by atoms with Crippen molar-refractivity contribution in [3.05, 3.63) is 89.0 Å². The predicted octanol–water partition coefficient (Wildman–Crippen LogP) is 5.50. The lowest BCUT2D eigenvalue weighted by molar-refractivity contribution is 0.101. The molecule has 0 fully saturated rings. The highest BCUT2D eigenvalue weighted by Crippen LogP contribution is 2.26. The van der Waals surface area contributed by atoms with Crippen LogP contribution in [-0.4, -0.2) is 11.7 Å². The van der Waals surface area contributed by atoms with Crippen LogP contribution in [0.4, 0.5) is 17.1 Å². The number of nitrogens with one attached hydrogen (secondary N) is 2. The van der Waals surface area contributed by atoms with E-state index in [1.165, 1.54) is 12.5 Å². The van der Waals surface area contributed by atoms with E-state index in [9.17, 15) is 9.59 Å². The first-order valence-corrected chi connectivity index (χ1v) is 8.80. The van der Waals surface area contributed by atoms with E-state index in [1.807, 2.05) is 30.3 Å². The number of para-hydroxylation sites is 1. The van der Waals surface area contributed by atoms with Gasteiger partial charge in [0.1, 0.15) is 0 Å². The van der Waals surface area contributed by atoms with Crippen LogP contribution in [0.1, 0.15) is 38.8 Å². The maximum absolute atomic E-state index is 12.8. The number of ketones is 1. The van der Waals surface area contributed by atoms with E-state index in [2.05, 4.69) is 30.5 Å². The standard InChI is InChI=1S/C23H22N2O2/c1-15-7-6-10-21(16(15)2)25-22-9-5-4-8-20(22)23(27)24-19-13-11-18(12-14-19)17(3)26/h4-14,25H,1-3H3,(H,24,27). The summed E-state index contributed by atoms with van der Waals surface area (Å²) >= 11 is 0. The molecule has 4 heteroatoms. The number of rotatable bonds is 5. The molecule has 0 spiro atoms. The van der Waals surface area contributed by atoms with Crippen LogP contribution in [0.2, 0.25) is 0 Å². The second kappa shape index (κ2) is 7.87. The van der Waals surface area contributed by atoms with Crippen molar-refractivity contribution in [2.45, 2.75) is 20.8 Å². The minimum atomic E-state index is -0.209. The van der Waals surface area contributed by atoms with Crippen molar-refractivity contribution in [1.82, 2.24) is 0 Å². The fourth-order valence-corrected chi connectivity index (χ4v) is 2.81. The van der Waals surface area contributed by atoms with Gasteiger partial charge in [-0.3, -0.25) is 9.59 Å². The van der Waals surface area contributed by atoms with Crippen molar-refractivity contribution in [3.63, 3.8) is 0 Å². The SMILES string of the molecule is CC(=O)c1ccc(NC(=O)c2ccccc2Nc2cccc(C)c2C)cc1. The summed E-state index contributed by atoms with van der Waals surface area (Å²) < 4.78 is 0. The molecule has 0 aliphatic carbocycles. The van der Waals surface area contributed by atoms with Crippen LogP contribution < -0.4 is 10.6 Å². The second-order valence-electron chi connectivity index (χ2n) is 6.51. The summed E-state index contributed by atoms with van der Waals surface area (Å²) in [5.41, 5.74) is 5.86. The van der Waals surface area contributed by atoms with Crippen molar-refractivity contribution in [2.75, 3.05) is 10.6 Å². The highest BCUT2D eigenvalue weighted by atomic mass is 16.1. The average molecular weight is 358 g/mol. The number of hydrogen-bond acceptors (Lipinski definition) is 3. The Bertz CT molecular complexity index is 992. The first kappa shape index (κ1) is 18.4. The van der Waals surface area contributed by atoms with Crippen LogP contribution in [-0.2, 0) is 0 Å². The Morgan fingerprint density at radius 1 is 0.778 bits per heavy atom. The molecule has 0 unspecified atom stereocenters. The molecule has 0 atom stereocenters. The molecule has 0 bridgehead atoms. The summed E-state index contributed by atoms with van der Waals surface area (Å²) in [5.74, 6) is -0.213. The third-order valence-electron chi connectivity index (χ3n) is 4.59. The molecule has 1 amide bonds. The minimum Gasteiger partial charge on any atom is -0.355 e. The third kappa shape index (κ3) is 4.23. The monoisotopic (exact) mass is 358 g/mol. The molecule has 0 saturated carbocycles. The molecule has 27 heavy (non-hydrogen) atoms. The Morgan fingerprint density at radius 3 is 2.15 bits per heavy atom. The Labute approximate surface area is 159 Å². The average Bonchev–Trinajstić information content (AvgIpc) is 2.66. The van der Waals surface area contributed by atoms with Gasteiger partial charge in [0.2, 0.25) is 0 Å². The van der Waals surface area contributed by atoms with Crippen molar-refractivity contribution in [3.8, 4) is 0 Å². The van der Waals surface area contributed by atoms with Gasteiger partial charge in [-0.1, -0.05) is 24.3 Å². The lowest BCUT2D eigenvalue weighted by atomic mass is 10.1. The van der Waals surface area contributed by atoms with Crippen LogP contribution in [0.3, 0.4) is 0 Å². The fraction of sp³-hybridized carbons (Fsp3) is 0.130. The van der Waals surface area contributed by atoms with Crippen LogP contribution in [0.15, 0.2) is 66.7 Å². The van der Waals surface area contributed by atoms with Crippen LogP contribution in [0.25, 0.3) is 0 Å². The number of hydrogen-bond donors (Lipinski definition) is 2. The lowest BCUT2D eigenvalue weighted by Crippen LogP contribution is -2.14. The Balaban J connectivity index is 1.83. The van der Waals surface area contributed by atoms with E-state index in [1.54, 1.807) is 30.3 Å². The van der Waals surface area contributed by atoms with Gasteiger partial charge in [-0.2, -0.15) is 0 Å². The zero-order chi connectivity index (χ0) is 19.4. The number of amides is 1. The lowest BCUT2D eigenvalue weighted by Gasteiger charge is -2.15. The first-order chi connectivity index (χ1) is 13.0. The van der Waals surface area contributed by atoms with Gasteiger partial charge < -0.3 is 10.6 Å². The zero-order valence-corrected chi connectivity index (χ0v) is 15.7. The molecule has 3 rings (SSSR count). The number of benzene rings is 3. The first-order valence-electron chi connectivity index (χ1n) is 8.80. The molecule has 0 aliphatic rings. The van der Waals surface area contributed by atoms with E-state index in [0.717, 1.165) is 16.9 Å². The van der Waals surface area contributed by atoms with E-state index in [0.29, 0.717) is 16.8 Å². The van der Waals surface area contributed by atoms with Gasteiger partial charge in [0.15, 0.2) is 5.78 Å². The van der Waals surface area contributed by atoms with Gasteiger partial charge >= 0.3 is 0 Å². The molecule has 4 nitrogen and oxygen atoms in total. The van der Waals surface area contributed by atoms with Crippen molar-refractivity contribution < 1.29 is 9.59 Å². The molecule has 0 heterocycles. The van der Waals surface area contributed by atoms with Gasteiger partial charge in [-0.05, 0) is 74.4 Å². The Hall–Kier alpha value is -3.40. The molecule has 0 aliphatic heterocycles. The largest absolute Gasteiger partial charge is 0.355 e. The van der Waals surface area contributed by atoms with E-state index < -0.39 is 0 Å². The third-order valence-corrected chi connectivity index (χ3v) is 4.59. The van der Waals surface area contributed by atoms with Crippen molar-refractivity contribution >= 4 is 28.8 Å². The summed E-state index contributed by atoms with van der Waals surface area (Å²) in [6.07, 6.45) is 0. The van der Waals surface area contributed by atoms with Gasteiger partial charge in [0.05, 0.1) is 11.3 Å². The number of anilines is 3. The van der Waals surface area contributed by atoms with E-state index >= 15 is 0 Å². The zero-order valence-electron chi connectivity index (χ0n) is 15.7. The second-order valence-corrected chi connectivity index (χ2v) is 6.51. The molecular weight excluding hydrogens is 336 g/mol. The molecule has 2 N–H and O–H groups in total. The predicted molar refractivity (Wildman–Crippen MR) is 110 cm³/mol.